The molecule has 22 heavy (non-hydrogen) atoms. The molecule has 0 radical (unpaired) electrons. The number of aryl methyl sites for hydroxylation is 2. The van der Waals surface area contributed by atoms with E-state index in [2.05, 4.69) is 6.07 Å². The van der Waals surface area contributed by atoms with Gasteiger partial charge in [-0.25, -0.2) is 0 Å². The summed E-state index contributed by atoms with van der Waals surface area (Å²) in [5, 5.41) is 0. The number of nitrogens with two attached hydrogens (primary N) is 1. The molecule has 0 aliphatic carbocycles. The normalized spacial score (nSPS) is 19.8. The van der Waals surface area contributed by atoms with Gasteiger partial charge in [0.15, 0.2) is 0 Å². The lowest BCUT2D eigenvalue weighted by atomic mass is 9.92. The zero-order chi connectivity index (χ0) is 16.1. The number of hydrogen-bond donors (Lipinski definition) is 1. The molecule has 4 heteroatoms. The van der Waals surface area contributed by atoms with E-state index in [-0.39, 0.29) is 11.9 Å². The summed E-state index contributed by atoms with van der Waals surface area (Å²) in [7, 11) is 0. The Morgan fingerprint density at radius 3 is 2.95 bits per heavy atom. The van der Waals surface area contributed by atoms with Crippen molar-refractivity contribution in [1.82, 2.24) is 4.90 Å². The minimum absolute atomic E-state index is 0.154. The van der Waals surface area contributed by atoms with E-state index in [4.69, 9.17) is 10.5 Å². The van der Waals surface area contributed by atoms with Crippen LogP contribution in [0.4, 0.5) is 0 Å². The van der Waals surface area contributed by atoms with Crippen LogP contribution in [0.1, 0.15) is 37.3 Å². The quantitative estimate of drug-likeness (QED) is 0.910. The summed E-state index contributed by atoms with van der Waals surface area (Å²) in [5.41, 5.74) is 8.25. The van der Waals surface area contributed by atoms with E-state index in [0.29, 0.717) is 18.9 Å². The second-order valence-corrected chi connectivity index (χ2v) is 6.47. The third-order valence-electron chi connectivity index (χ3n) is 4.47. The van der Waals surface area contributed by atoms with Crippen molar-refractivity contribution in [2.24, 2.45) is 11.7 Å². The van der Waals surface area contributed by atoms with Gasteiger partial charge >= 0.3 is 0 Å². The summed E-state index contributed by atoms with van der Waals surface area (Å²) in [4.78, 5) is 14.3. The number of nitrogens with zero attached hydrogens (tertiary/aromatic N) is 1. The second-order valence-electron chi connectivity index (χ2n) is 6.47. The maximum absolute atomic E-state index is 12.3. The highest BCUT2D eigenvalue weighted by molar-refractivity contribution is 5.76. The van der Waals surface area contributed by atoms with Gasteiger partial charge in [0.2, 0.25) is 5.91 Å². The van der Waals surface area contributed by atoms with Gasteiger partial charge in [0.1, 0.15) is 5.75 Å². The molecule has 0 aromatic heterocycles. The summed E-state index contributed by atoms with van der Waals surface area (Å²) >= 11 is 0. The van der Waals surface area contributed by atoms with E-state index in [1.165, 1.54) is 5.56 Å². The third kappa shape index (κ3) is 4.47. The van der Waals surface area contributed by atoms with Crippen LogP contribution in [0, 0.1) is 19.8 Å². The molecule has 0 saturated carbocycles. The van der Waals surface area contributed by atoms with Gasteiger partial charge in [-0.1, -0.05) is 12.1 Å². The fourth-order valence-electron chi connectivity index (χ4n) is 2.93. The van der Waals surface area contributed by atoms with Crippen molar-refractivity contribution < 1.29 is 9.53 Å². The molecule has 0 spiro atoms. The average molecular weight is 304 g/mol. The molecule has 0 unspecified atom stereocenters. The van der Waals surface area contributed by atoms with Crippen LogP contribution in [-0.4, -0.2) is 36.5 Å². The number of rotatable bonds is 5. The first kappa shape index (κ1) is 16.8. The molecule has 1 fully saturated rings. The van der Waals surface area contributed by atoms with Crippen molar-refractivity contribution in [3.8, 4) is 5.75 Å². The highest BCUT2D eigenvalue weighted by Gasteiger charge is 2.25. The summed E-state index contributed by atoms with van der Waals surface area (Å²) < 4.78 is 5.78. The van der Waals surface area contributed by atoms with Crippen molar-refractivity contribution in [3.63, 3.8) is 0 Å². The third-order valence-corrected chi connectivity index (χ3v) is 4.47. The zero-order valence-corrected chi connectivity index (χ0v) is 14.0. The average Bonchev–Trinajstić information content (AvgIpc) is 2.50. The van der Waals surface area contributed by atoms with Gasteiger partial charge in [0.25, 0.3) is 0 Å². The molecule has 2 N–H and O–H groups in total. The Kier molecular flexibility index (Phi) is 5.83. The molecule has 1 aliphatic heterocycles. The fourth-order valence-corrected chi connectivity index (χ4v) is 2.93. The monoisotopic (exact) mass is 304 g/mol. The number of benzene rings is 1. The van der Waals surface area contributed by atoms with Crippen molar-refractivity contribution in [1.29, 1.82) is 0 Å². The Balaban J connectivity index is 1.81. The predicted octanol–water partition coefficient (Wildman–Crippen LogP) is 2.66. The van der Waals surface area contributed by atoms with Gasteiger partial charge < -0.3 is 15.4 Å². The lowest BCUT2D eigenvalue weighted by Gasteiger charge is -2.34. The molecule has 1 saturated heterocycles. The molecule has 1 aromatic rings. The first-order chi connectivity index (χ1) is 10.5. The minimum Gasteiger partial charge on any atom is -0.493 e. The lowest BCUT2D eigenvalue weighted by molar-refractivity contribution is -0.133. The van der Waals surface area contributed by atoms with E-state index in [1.807, 2.05) is 37.8 Å². The van der Waals surface area contributed by atoms with Crippen LogP contribution in [0.25, 0.3) is 0 Å². The Morgan fingerprint density at radius 1 is 1.45 bits per heavy atom. The Morgan fingerprint density at radius 2 is 2.23 bits per heavy atom. The number of ether oxygens (including phenoxy) is 1. The summed E-state index contributed by atoms with van der Waals surface area (Å²) in [6.45, 7) is 8.17. The van der Waals surface area contributed by atoms with Crippen molar-refractivity contribution in [3.05, 3.63) is 29.3 Å². The minimum atomic E-state index is 0.154. The number of amides is 1. The van der Waals surface area contributed by atoms with Crippen LogP contribution < -0.4 is 10.5 Å². The first-order valence-electron chi connectivity index (χ1n) is 8.21. The SMILES string of the molecule is Cc1ccc(C)c(OCCC(=O)N2CCC[C@@H]([C@@H](C)N)C2)c1. The Bertz CT molecular complexity index is 514. The van der Waals surface area contributed by atoms with E-state index in [1.54, 1.807) is 0 Å². The number of carbonyl (C=O) groups excluding carboxylic acids is 1. The Hall–Kier alpha value is -1.55. The summed E-state index contributed by atoms with van der Waals surface area (Å²) in [6, 6.07) is 6.29. The van der Waals surface area contributed by atoms with Crippen LogP contribution in [0.3, 0.4) is 0 Å². The molecule has 0 bridgehead atoms. The Labute approximate surface area is 133 Å². The van der Waals surface area contributed by atoms with Crippen LogP contribution in [-0.2, 0) is 4.79 Å². The van der Waals surface area contributed by atoms with E-state index in [0.717, 1.165) is 37.2 Å². The highest BCUT2D eigenvalue weighted by Crippen LogP contribution is 2.21. The van der Waals surface area contributed by atoms with Gasteiger partial charge in [-0.2, -0.15) is 0 Å². The van der Waals surface area contributed by atoms with E-state index < -0.39 is 0 Å². The van der Waals surface area contributed by atoms with Crippen LogP contribution in [0.5, 0.6) is 5.75 Å². The van der Waals surface area contributed by atoms with Gasteiger partial charge in [-0.15, -0.1) is 0 Å². The molecule has 2 rings (SSSR count). The molecular formula is C18H28N2O2. The van der Waals surface area contributed by atoms with E-state index >= 15 is 0 Å². The molecular weight excluding hydrogens is 276 g/mol. The fraction of sp³-hybridized carbons (Fsp3) is 0.611. The largest absolute Gasteiger partial charge is 0.493 e. The van der Waals surface area contributed by atoms with Crippen molar-refractivity contribution >= 4 is 5.91 Å². The maximum Gasteiger partial charge on any atom is 0.226 e. The topological polar surface area (TPSA) is 55.6 Å². The smallest absolute Gasteiger partial charge is 0.226 e. The standard InChI is InChI=1S/C18H28N2O2/c1-13-6-7-14(2)17(11-13)22-10-8-18(21)20-9-4-5-16(12-20)15(3)19/h6-7,11,15-16H,4-5,8-10,12,19H2,1-3H3/t15-,16-/m1/s1. The van der Waals surface area contributed by atoms with Gasteiger partial charge in [-0.3, -0.25) is 4.79 Å². The van der Waals surface area contributed by atoms with Gasteiger partial charge in [0.05, 0.1) is 13.0 Å². The number of likely N-dealkylation sites (tertiary alicyclic amines) is 1. The van der Waals surface area contributed by atoms with Gasteiger partial charge in [-0.05, 0) is 56.7 Å². The summed E-state index contributed by atoms with van der Waals surface area (Å²) in [5.74, 6) is 1.48. The predicted molar refractivity (Wildman–Crippen MR) is 89.0 cm³/mol. The second kappa shape index (κ2) is 7.63. The number of piperidine rings is 1. The first-order valence-corrected chi connectivity index (χ1v) is 8.21. The van der Waals surface area contributed by atoms with Crippen LogP contribution >= 0.6 is 0 Å². The molecule has 1 aliphatic rings. The van der Waals surface area contributed by atoms with Crippen molar-refractivity contribution in [2.75, 3.05) is 19.7 Å². The molecule has 1 amide bonds. The van der Waals surface area contributed by atoms with Crippen molar-refractivity contribution in [2.45, 2.75) is 46.1 Å². The molecule has 4 nitrogen and oxygen atoms in total. The molecule has 2 atom stereocenters. The lowest BCUT2D eigenvalue weighted by Crippen LogP contribution is -2.45. The zero-order valence-electron chi connectivity index (χ0n) is 14.0. The van der Waals surface area contributed by atoms with E-state index in [9.17, 15) is 4.79 Å². The van der Waals surface area contributed by atoms with Gasteiger partial charge in [0, 0.05) is 19.1 Å². The molecule has 1 heterocycles. The molecule has 122 valence electrons. The van der Waals surface area contributed by atoms with Crippen LogP contribution in [0.15, 0.2) is 18.2 Å². The number of hydrogen-bond acceptors (Lipinski definition) is 3. The maximum atomic E-state index is 12.3. The van der Waals surface area contributed by atoms with Crippen LogP contribution in [0.2, 0.25) is 0 Å². The highest BCUT2D eigenvalue weighted by atomic mass is 16.5. The summed E-state index contributed by atoms with van der Waals surface area (Å²) in [6.07, 6.45) is 2.61. The number of carbonyl (C=O) groups is 1. The molecule has 1 aromatic carbocycles.